The molecule has 0 saturated heterocycles. The number of amides is 1. The highest BCUT2D eigenvalue weighted by molar-refractivity contribution is 5.93. The number of hydrogen-bond donors (Lipinski definition) is 3. The topological polar surface area (TPSA) is 99.5 Å². The van der Waals surface area contributed by atoms with Gasteiger partial charge in [0.15, 0.2) is 5.65 Å². The summed E-state index contributed by atoms with van der Waals surface area (Å²) in [6, 6.07) is 1.72. The second-order valence-corrected chi connectivity index (χ2v) is 5.98. The van der Waals surface area contributed by atoms with Crippen LogP contribution in [0.3, 0.4) is 0 Å². The van der Waals surface area contributed by atoms with Gasteiger partial charge in [-0.15, -0.1) is 0 Å². The van der Waals surface area contributed by atoms with Crippen LogP contribution < -0.4 is 10.9 Å². The third-order valence-corrected chi connectivity index (χ3v) is 4.34. The van der Waals surface area contributed by atoms with Crippen LogP contribution in [-0.4, -0.2) is 37.8 Å². The van der Waals surface area contributed by atoms with E-state index in [1.807, 2.05) is 13.8 Å². The summed E-state index contributed by atoms with van der Waals surface area (Å²) < 4.78 is 1.28. The number of aliphatic hydroxyl groups excluding tert-OH is 1. The minimum Gasteiger partial charge on any atom is -0.393 e. The van der Waals surface area contributed by atoms with Crippen LogP contribution in [0.4, 0.5) is 0 Å². The average Bonchev–Trinajstić information content (AvgIpc) is 2.83. The summed E-state index contributed by atoms with van der Waals surface area (Å²) >= 11 is 0. The molecule has 1 fully saturated rings. The van der Waals surface area contributed by atoms with Gasteiger partial charge in [0.1, 0.15) is 5.56 Å². The van der Waals surface area contributed by atoms with E-state index >= 15 is 0 Å². The summed E-state index contributed by atoms with van der Waals surface area (Å²) in [6.07, 6.45) is 3.22. The van der Waals surface area contributed by atoms with E-state index in [2.05, 4.69) is 15.4 Å². The summed E-state index contributed by atoms with van der Waals surface area (Å²) in [4.78, 5) is 28.9. The van der Waals surface area contributed by atoms with Crippen LogP contribution >= 0.6 is 0 Å². The van der Waals surface area contributed by atoms with Crippen molar-refractivity contribution in [2.75, 3.05) is 0 Å². The van der Waals surface area contributed by atoms with Crippen LogP contribution in [-0.2, 0) is 0 Å². The molecule has 2 heterocycles. The molecule has 118 valence electrons. The normalized spacial score (nSPS) is 22.3. The van der Waals surface area contributed by atoms with Crippen molar-refractivity contribution in [3.63, 3.8) is 0 Å². The van der Waals surface area contributed by atoms with Crippen molar-refractivity contribution < 1.29 is 9.90 Å². The smallest absolute Gasteiger partial charge is 0.285 e. The first kappa shape index (κ1) is 14.8. The number of aromatic nitrogens is 3. The van der Waals surface area contributed by atoms with E-state index in [1.54, 1.807) is 6.07 Å². The maximum absolute atomic E-state index is 12.4. The SMILES string of the molecule is CCC(NC(=O)c1cnc2cc(C)[nH]n2c1=O)C1CC(O)C1. The van der Waals surface area contributed by atoms with Crippen molar-refractivity contribution in [3.8, 4) is 0 Å². The highest BCUT2D eigenvalue weighted by atomic mass is 16.3. The molecule has 0 aliphatic heterocycles. The van der Waals surface area contributed by atoms with Gasteiger partial charge >= 0.3 is 0 Å². The molecule has 2 aromatic rings. The summed E-state index contributed by atoms with van der Waals surface area (Å²) in [5.74, 6) is -0.136. The number of hydrogen-bond acceptors (Lipinski definition) is 4. The molecular weight excluding hydrogens is 284 g/mol. The molecule has 0 bridgehead atoms. The highest BCUT2D eigenvalue weighted by Gasteiger charge is 2.34. The lowest BCUT2D eigenvalue weighted by Gasteiger charge is -2.37. The second-order valence-electron chi connectivity index (χ2n) is 5.98. The standard InChI is InChI=1S/C15H20N4O3/c1-3-12(9-5-10(20)6-9)17-14(21)11-7-16-13-4-8(2)18-19(13)15(11)22/h4,7,9-10,12,18,20H,3,5-6H2,1-2H3,(H,17,21). The van der Waals surface area contributed by atoms with E-state index in [1.165, 1.54) is 10.7 Å². The predicted octanol–water partition coefficient (Wildman–Crippen LogP) is 0.610. The largest absolute Gasteiger partial charge is 0.393 e. The van der Waals surface area contributed by atoms with Gasteiger partial charge in [-0.3, -0.25) is 14.7 Å². The van der Waals surface area contributed by atoms with Gasteiger partial charge < -0.3 is 10.4 Å². The Balaban J connectivity index is 1.82. The Morgan fingerprint density at radius 1 is 1.59 bits per heavy atom. The Labute approximate surface area is 127 Å². The molecule has 3 N–H and O–H groups in total. The van der Waals surface area contributed by atoms with E-state index in [9.17, 15) is 14.7 Å². The molecule has 0 spiro atoms. The first-order chi connectivity index (χ1) is 10.5. The fraction of sp³-hybridized carbons (Fsp3) is 0.533. The zero-order valence-electron chi connectivity index (χ0n) is 12.7. The number of H-pyrrole nitrogens is 1. The van der Waals surface area contributed by atoms with Gasteiger partial charge in [0.2, 0.25) is 0 Å². The Hall–Kier alpha value is -2.15. The molecule has 3 rings (SSSR count). The average molecular weight is 304 g/mol. The lowest BCUT2D eigenvalue weighted by Crippen LogP contribution is -2.47. The third-order valence-electron chi connectivity index (χ3n) is 4.34. The molecule has 1 aliphatic rings. The lowest BCUT2D eigenvalue weighted by molar-refractivity contribution is 0.0232. The number of nitrogens with one attached hydrogen (secondary N) is 2. The summed E-state index contributed by atoms with van der Waals surface area (Å²) in [6.45, 7) is 3.81. The predicted molar refractivity (Wildman–Crippen MR) is 80.8 cm³/mol. The number of carbonyl (C=O) groups is 1. The number of fused-ring (bicyclic) bond motifs is 1. The number of carbonyl (C=O) groups excluding carboxylic acids is 1. The van der Waals surface area contributed by atoms with Crippen molar-refractivity contribution in [3.05, 3.63) is 33.9 Å². The monoisotopic (exact) mass is 304 g/mol. The van der Waals surface area contributed by atoms with Crippen molar-refractivity contribution >= 4 is 11.6 Å². The van der Waals surface area contributed by atoms with E-state index in [0.29, 0.717) is 18.5 Å². The fourth-order valence-corrected chi connectivity index (χ4v) is 2.99. The molecule has 7 nitrogen and oxygen atoms in total. The van der Waals surface area contributed by atoms with Crippen molar-refractivity contribution in [2.45, 2.75) is 45.3 Å². The number of aliphatic hydroxyl groups is 1. The summed E-state index contributed by atoms with van der Waals surface area (Å²) in [5, 5.41) is 15.2. The number of rotatable bonds is 4. The van der Waals surface area contributed by atoms with Crippen LogP contribution in [0.5, 0.6) is 0 Å². The van der Waals surface area contributed by atoms with Crippen molar-refractivity contribution in [1.82, 2.24) is 19.9 Å². The maximum Gasteiger partial charge on any atom is 0.285 e. The number of nitrogens with zero attached hydrogens (tertiary/aromatic N) is 2. The van der Waals surface area contributed by atoms with Gasteiger partial charge in [-0.25, -0.2) is 9.50 Å². The van der Waals surface area contributed by atoms with Crippen molar-refractivity contribution in [1.29, 1.82) is 0 Å². The number of aryl methyl sites for hydroxylation is 1. The molecule has 0 aromatic carbocycles. The van der Waals surface area contributed by atoms with Gasteiger partial charge in [-0.1, -0.05) is 6.92 Å². The van der Waals surface area contributed by atoms with Gasteiger partial charge in [-0.2, -0.15) is 0 Å². The third kappa shape index (κ3) is 2.52. The van der Waals surface area contributed by atoms with E-state index in [-0.39, 0.29) is 23.6 Å². The zero-order chi connectivity index (χ0) is 15.9. The van der Waals surface area contributed by atoms with Crippen LogP contribution in [0, 0.1) is 12.8 Å². The minimum absolute atomic E-state index is 0.0256. The molecule has 1 unspecified atom stereocenters. The van der Waals surface area contributed by atoms with Crippen LogP contribution in [0.2, 0.25) is 0 Å². The quantitative estimate of drug-likeness (QED) is 0.770. The molecule has 22 heavy (non-hydrogen) atoms. The summed E-state index contributed by atoms with van der Waals surface area (Å²) in [5.41, 5.74) is 0.919. The van der Waals surface area contributed by atoms with Gasteiger partial charge in [-0.05, 0) is 32.1 Å². The van der Waals surface area contributed by atoms with E-state index in [4.69, 9.17) is 0 Å². The van der Waals surface area contributed by atoms with Crippen LogP contribution in [0.25, 0.3) is 5.65 Å². The van der Waals surface area contributed by atoms with Gasteiger partial charge in [0.25, 0.3) is 11.5 Å². The van der Waals surface area contributed by atoms with Gasteiger partial charge in [0.05, 0.1) is 6.10 Å². The van der Waals surface area contributed by atoms with E-state index < -0.39 is 11.5 Å². The molecule has 1 aliphatic carbocycles. The first-order valence-electron chi connectivity index (χ1n) is 7.56. The molecule has 1 saturated carbocycles. The van der Waals surface area contributed by atoms with Crippen molar-refractivity contribution in [2.24, 2.45) is 5.92 Å². The summed E-state index contributed by atoms with van der Waals surface area (Å²) in [7, 11) is 0. The maximum atomic E-state index is 12.4. The zero-order valence-corrected chi connectivity index (χ0v) is 12.7. The van der Waals surface area contributed by atoms with Gasteiger partial charge in [0, 0.05) is 24.0 Å². The highest BCUT2D eigenvalue weighted by Crippen LogP contribution is 2.31. The van der Waals surface area contributed by atoms with Crippen LogP contribution in [0.1, 0.15) is 42.2 Å². The molecular formula is C15H20N4O3. The molecule has 0 radical (unpaired) electrons. The Morgan fingerprint density at radius 3 is 2.95 bits per heavy atom. The Bertz CT molecular complexity index is 758. The minimum atomic E-state index is -0.410. The van der Waals surface area contributed by atoms with E-state index in [0.717, 1.165) is 12.1 Å². The fourth-order valence-electron chi connectivity index (χ4n) is 2.99. The Kier molecular flexibility index (Phi) is 3.74. The molecule has 1 amide bonds. The number of aromatic amines is 1. The van der Waals surface area contributed by atoms with Crippen LogP contribution in [0.15, 0.2) is 17.1 Å². The lowest BCUT2D eigenvalue weighted by atomic mass is 9.76. The Morgan fingerprint density at radius 2 is 2.32 bits per heavy atom. The molecule has 2 aromatic heterocycles. The molecule has 1 atom stereocenters. The second kappa shape index (κ2) is 5.57. The first-order valence-corrected chi connectivity index (χ1v) is 7.56. The molecule has 7 heteroatoms.